The van der Waals surface area contributed by atoms with E-state index in [0.29, 0.717) is 11.3 Å². The Kier molecular flexibility index (Phi) is 4.54. The van der Waals surface area contributed by atoms with Crippen LogP contribution in [-0.2, 0) is 0 Å². The molecule has 0 bridgehead atoms. The minimum Gasteiger partial charge on any atom is -0.399 e. The van der Waals surface area contributed by atoms with Crippen LogP contribution in [0.2, 0.25) is 0 Å². The van der Waals surface area contributed by atoms with Crippen molar-refractivity contribution < 1.29 is 0 Å². The third-order valence-corrected chi connectivity index (χ3v) is 5.87. The van der Waals surface area contributed by atoms with E-state index in [9.17, 15) is 4.79 Å². The van der Waals surface area contributed by atoms with Gasteiger partial charge in [0, 0.05) is 30.0 Å². The summed E-state index contributed by atoms with van der Waals surface area (Å²) in [5.74, 6) is 0. The van der Waals surface area contributed by atoms with Crippen LogP contribution in [0.4, 0.5) is 11.4 Å². The first-order chi connectivity index (χ1) is 14.6. The van der Waals surface area contributed by atoms with Gasteiger partial charge in [-0.2, -0.15) is 9.61 Å². The van der Waals surface area contributed by atoms with Gasteiger partial charge in [-0.1, -0.05) is 42.5 Å². The van der Waals surface area contributed by atoms with Crippen molar-refractivity contribution in [3.63, 3.8) is 0 Å². The molecule has 0 spiro atoms. The summed E-state index contributed by atoms with van der Waals surface area (Å²) in [6.07, 6.45) is 3.55. The monoisotopic (exact) mass is 399 g/mol. The predicted molar refractivity (Wildman–Crippen MR) is 122 cm³/mol. The molecule has 0 unspecified atom stereocenters. The largest absolute Gasteiger partial charge is 0.399 e. The van der Waals surface area contributed by atoms with Crippen LogP contribution in [0, 0.1) is 6.92 Å². The number of piperidine rings is 1. The first-order valence-electron chi connectivity index (χ1n) is 10.5. The summed E-state index contributed by atoms with van der Waals surface area (Å²) in [7, 11) is 0. The number of aromatic amines is 1. The lowest BCUT2D eigenvalue weighted by atomic mass is 10.1. The van der Waals surface area contributed by atoms with Gasteiger partial charge < -0.3 is 15.6 Å². The number of aromatic nitrogens is 3. The fourth-order valence-electron chi connectivity index (χ4n) is 4.37. The minimum atomic E-state index is -0.119. The summed E-state index contributed by atoms with van der Waals surface area (Å²) in [6.45, 7) is 3.90. The van der Waals surface area contributed by atoms with Gasteiger partial charge in [-0.05, 0) is 43.9 Å². The van der Waals surface area contributed by atoms with Gasteiger partial charge in [0.15, 0.2) is 5.65 Å². The summed E-state index contributed by atoms with van der Waals surface area (Å²) in [5, 5.41) is 4.81. The van der Waals surface area contributed by atoms with E-state index in [-0.39, 0.29) is 5.56 Å². The molecule has 1 aliphatic rings. The number of nitrogen functional groups attached to an aromatic ring is 1. The van der Waals surface area contributed by atoms with Gasteiger partial charge in [-0.25, -0.2) is 0 Å². The van der Waals surface area contributed by atoms with Crippen molar-refractivity contribution in [3.8, 4) is 22.4 Å². The fraction of sp³-hybridized carbons (Fsp3) is 0.250. The number of hydrogen-bond donors (Lipinski definition) is 2. The predicted octanol–water partition coefficient (Wildman–Crippen LogP) is 4.24. The molecule has 6 heteroatoms. The van der Waals surface area contributed by atoms with Crippen LogP contribution < -0.4 is 16.2 Å². The highest BCUT2D eigenvalue weighted by molar-refractivity contribution is 5.87. The number of nitrogens with two attached hydrogens (primary N) is 1. The van der Waals surface area contributed by atoms with Crippen molar-refractivity contribution in [2.45, 2.75) is 26.2 Å². The molecule has 4 aromatic rings. The SMILES string of the molecule is Cc1[nH]c2c(N3CCCCC3)c(-c3ccccc3)nn2c(=O)c1-c1ccc(N)cc1. The number of H-pyrrole nitrogens is 1. The maximum absolute atomic E-state index is 13.5. The zero-order valence-corrected chi connectivity index (χ0v) is 17.1. The second-order valence-corrected chi connectivity index (χ2v) is 7.92. The molecule has 3 N–H and O–H groups in total. The summed E-state index contributed by atoms with van der Waals surface area (Å²) < 4.78 is 1.53. The third kappa shape index (κ3) is 3.05. The van der Waals surface area contributed by atoms with Crippen LogP contribution in [0.5, 0.6) is 0 Å². The Morgan fingerprint density at radius 1 is 0.933 bits per heavy atom. The van der Waals surface area contributed by atoms with Gasteiger partial charge in [0.25, 0.3) is 5.56 Å². The summed E-state index contributed by atoms with van der Waals surface area (Å²) in [5.41, 5.74) is 12.3. The molecule has 5 rings (SSSR count). The number of hydrogen-bond acceptors (Lipinski definition) is 4. The van der Waals surface area contributed by atoms with E-state index < -0.39 is 0 Å². The topological polar surface area (TPSA) is 79.4 Å². The third-order valence-electron chi connectivity index (χ3n) is 5.87. The van der Waals surface area contributed by atoms with E-state index in [1.807, 2.05) is 61.5 Å². The lowest BCUT2D eigenvalue weighted by molar-refractivity contribution is 0.579. The molecule has 0 radical (unpaired) electrons. The quantitative estimate of drug-likeness (QED) is 0.505. The van der Waals surface area contributed by atoms with Crippen molar-refractivity contribution in [2.75, 3.05) is 23.7 Å². The highest BCUT2D eigenvalue weighted by atomic mass is 16.1. The number of fused-ring (bicyclic) bond motifs is 1. The number of benzene rings is 2. The van der Waals surface area contributed by atoms with Gasteiger partial charge in [-0.3, -0.25) is 4.79 Å². The van der Waals surface area contributed by atoms with E-state index in [1.165, 1.54) is 10.9 Å². The Labute approximate surface area is 175 Å². The number of nitrogens with one attached hydrogen (secondary N) is 1. The Balaban J connectivity index is 1.78. The van der Waals surface area contributed by atoms with Crippen LogP contribution in [0.15, 0.2) is 59.4 Å². The average molecular weight is 399 g/mol. The van der Waals surface area contributed by atoms with Crippen molar-refractivity contribution in [2.24, 2.45) is 0 Å². The normalized spacial score (nSPS) is 14.4. The molecule has 1 fully saturated rings. The molecule has 6 nitrogen and oxygen atoms in total. The Morgan fingerprint density at radius 3 is 2.33 bits per heavy atom. The standard InChI is InChI=1S/C24H25N5O/c1-16-20(17-10-12-19(25)13-11-17)24(30)29-23(26-16)22(28-14-6-3-7-15-28)21(27-29)18-8-4-2-5-9-18/h2,4-5,8-13,26H,3,6-7,14-15,25H2,1H3. The second-order valence-electron chi connectivity index (χ2n) is 7.92. The van der Waals surface area contributed by atoms with Crippen LogP contribution in [0.3, 0.4) is 0 Å². The van der Waals surface area contributed by atoms with Crippen molar-refractivity contribution in [1.82, 2.24) is 14.6 Å². The molecule has 0 atom stereocenters. The van der Waals surface area contributed by atoms with Crippen LogP contribution >= 0.6 is 0 Å². The summed E-state index contributed by atoms with van der Waals surface area (Å²) in [6, 6.07) is 17.5. The van der Waals surface area contributed by atoms with Gasteiger partial charge in [0.1, 0.15) is 11.4 Å². The van der Waals surface area contributed by atoms with Crippen LogP contribution in [-0.4, -0.2) is 27.7 Å². The van der Waals surface area contributed by atoms with Crippen LogP contribution in [0.1, 0.15) is 25.0 Å². The van der Waals surface area contributed by atoms with Crippen molar-refractivity contribution >= 4 is 17.0 Å². The molecule has 1 saturated heterocycles. The van der Waals surface area contributed by atoms with Crippen molar-refractivity contribution in [3.05, 3.63) is 70.6 Å². The molecule has 0 aliphatic carbocycles. The van der Waals surface area contributed by atoms with E-state index in [1.54, 1.807) is 0 Å². The lowest BCUT2D eigenvalue weighted by Gasteiger charge is -2.28. The van der Waals surface area contributed by atoms with E-state index in [2.05, 4.69) is 9.88 Å². The van der Waals surface area contributed by atoms with Crippen LogP contribution in [0.25, 0.3) is 28.0 Å². The number of anilines is 2. The first-order valence-corrected chi connectivity index (χ1v) is 10.5. The summed E-state index contributed by atoms with van der Waals surface area (Å²) >= 11 is 0. The Bertz CT molecular complexity index is 1250. The minimum absolute atomic E-state index is 0.119. The maximum atomic E-state index is 13.5. The molecule has 2 aromatic heterocycles. The van der Waals surface area contributed by atoms with Gasteiger partial charge in [0.05, 0.1) is 5.56 Å². The van der Waals surface area contributed by atoms with E-state index >= 15 is 0 Å². The Morgan fingerprint density at radius 2 is 1.63 bits per heavy atom. The Hall–Kier alpha value is -3.54. The molecule has 2 aromatic carbocycles. The molecule has 0 saturated carbocycles. The number of rotatable bonds is 3. The van der Waals surface area contributed by atoms with E-state index in [4.69, 9.17) is 10.8 Å². The molecular formula is C24H25N5O. The zero-order valence-electron chi connectivity index (χ0n) is 17.1. The molecule has 30 heavy (non-hydrogen) atoms. The van der Waals surface area contributed by atoms with Gasteiger partial charge in [-0.15, -0.1) is 0 Å². The summed E-state index contributed by atoms with van der Waals surface area (Å²) in [4.78, 5) is 19.4. The molecule has 3 heterocycles. The highest BCUT2D eigenvalue weighted by Crippen LogP contribution is 2.35. The van der Waals surface area contributed by atoms with Gasteiger partial charge in [0.2, 0.25) is 0 Å². The molecule has 1 aliphatic heterocycles. The smallest absolute Gasteiger partial charge is 0.282 e. The van der Waals surface area contributed by atoms with Gasteiger partial charge >= 0.3 is 0 Å². The maximum Gasteiger partial charge on any atom is 0.282 e. The lowest BCUT2D eigenvalue weighted by Crippen LogP contribution is -2.30. The molecular weight excluding hydrogens is 374 g/mol. The average Bonchev–Trinajstić information content (AvgIpc) is 3.16. The molecule has 0 amide bonds. The van der Waals surface area contributed by atoms with E-state index in [0.717, 1.165) is 59.8 Å². The molecule has 152 valence electrons. The number of aryl methyl sites for hydroxylation is 1. The zero-order chi connectivity index (χ0) is 20.7. The highest BCUT2D eigenvalue weighted by Gasteiger charge is 2.25. The van der Waals surface area contributed by atoms with Crippen molar-refractivity contribution in [1.29, 1.82) is 0 Å². The fourth-order valence-corrected chi connectivity index (χ4v) is 4.37. The second kappa shape index (κ2) is 7.37. The number of nitrogens with zero attached hydrogens (tertiary/aromatic N) is 3. The first kappa shape index (κ1) is 18.5.